The number of amides is 3. The molecule has 6 saturated heterocycles. The minimum atomic E-state index is -0.833. The molecule has 3 aromatic carbocycles. The average Bonchev–Trinajstić information content (AvgIpc) is 1.67. The zero-order valence-corrected chi connectivity index (χ0v) is 70.2. The summed E-state index contributed by atoms with van der Waals surface area (Å²) in [6, 6.07) is 30.7. The number of aromatic nitrogens is 6. The molecule has 6 aromatic heterocycles. The van der Waals surface area contributed by atoms with E-state index < -0.39 is 5.97 Å². The maximum atomic E-state index is 13.7. The Morgan fingerprint density at radius 3 is 0.826 bits per heavy atom. The lowest BCUT2D eigenvalue weighted by atomic mass is 10.2. The monoisotopic (exact) mass is 1670 g/mol. The molecule has 0 saturated carbocycles. The zero-order chi connectivity index (χ0) is 82.4. The summed E-state index contributed by atoms with van der Waals surface area (Å²) in [7, 11) is 0. The number of piperazine rings is 3. The highest BCUT2D eigenvalue weighted by Crippen LogP contribution is 2.38. The third-order valence-corrected chi connectivity index (χ3v) is 23.5. The number of thioether (sulfide) groups is 3. The molecule has 12 heterocycles. The fourth-order valence-corrected chi connectivity index (χ4v) is 17.6. The van der Waals surface area contributed by atoms with Crippen molar-refractivity contribution in [2.75, 3.05) is 128 Å². The largest absolute Gasteiger partial charge is 0.481 e. The number of pyridine rings is 3. The van der Waals surface area contributed by atoms with Crippen LogP contribution in [0.3, 0.4) is 0 Å². The molecule has 9 aromatic rings. The SMILES string of the molecule is CC(=O)O.Cc1ccc2nc(N3CCN(c4ccc(F)cc4)CC3)c(/C=C3\SC(=S)N(CC(C)C)C3=O)c(=O)n2c1.Cc1ccc2nc(N3CCN(c4ccc(F)cc4)CC3)c(/C=C3\SC(=S)N(CC(C)C)C3=O)c(=O)n2c1.Cc1ccc2nc(N3CCN(c4ccc(F)cc4)CC3)c(/C=C3\SC(=S)N(CC(C)C)C3=O)c(=O)n2c1. The van der Waals surface area contributed by atoms with Crippen molar-refractivity contribution in [3.63, 3.8) is 0 Å². The van der Waals surface area contributed by atoms with Gasteiger partial charge in [0.1, 0.15) is 64.8 Å². The van der Waals surface area contributed by atoms with Crippen LogP contribution in [0.25, 0.3) is 35.2 Å². The Labute approximate surface area is 692 Å². The molecular formula is C83H88F3N15O8S6. The molecule has 0 unspecified atom stereocenters. The van der Waals surface area contributed by atoms with Gasteiger partial charge in [-0.3, -0.25) is 61.5 Å². The van der Waals surface area contributed by atoms with E-state index >= 15 is 0 Å². The molecule has 3 amide bonds. The van der Waals surface area contributed by atoms with Crippen LogP contribution < -0.4 is 46.1 Å². The molecule has 6 aliphatic rings. The highest BCUT2D eigenvalue weighted by molar-refractivity contribution is 8.27. The highest BCUT2D eigenvalue weighted by Gasteiger charge is 2.38. The second-order valence-corrected chi connectivity index (χ2v) is 34.7. The van der Waals surface area contributed by atoms with Crippen molar-refractivity contribution in [1.29, 1.82) is 0 Å². The minimum Gasteiger partial charge on any atom is -0.481 e. The van der Waals surface area contributed by atoms with Gasteiger partial charge in [-0.1, -0.05) is 132 Å². The summed E-state index contributed by atoms with van der Waals surface area (Å²) in [6.45, 7) is 28.6. The number of carboxylic acids is 1. The van der Waals surface area contributed by atoms with E-state index in [4.69, 9.17) is 61.5 Å². The maximum Gasteiger partial charge on any atom is 0.300 e. The number of fused-ring (bicyclic) bond motifs is 3. The predicted molar refractivity (Wildman–Crippen MR) is 469 cm³/mol. The number of hydrogen-bond donors (Lipinski definition) is 1. The lowest BCUT2D eigenvalue weighted by Crippen LogP contribution is -2.47. The van der Waals surface area contributed by atoms with E-state index in [2.05, 4.69) is 29.4 Å². The molecule has 23 nitrogen and oxygen atoms in total. The Morgan fingerprint density at radius 2 is 0.609 bits per heavy atom. The standard InChI is InChI=1S/3C27H28FN5O2S2.C2H4O2/c3*1-17(2)15-33-26(35)22(37-27(33)36)14-21-24(29-23-9-4-18(3)16-32(23)25(21)34)31-12-10-30(11-13-31)20-7-5-19(28)6-8-20;1-2(3)4/h3*4-9,14,16-17H,10-13,15H2,1-3H3;1H3,(H,3,4)/b3*22-14-;. The van der Waals surface area contributed by atoms with E-state index in [1.54, 1.807) is 87.9 Å². The zero-order valence-electron chi connectivity index (χ0n) is 65.3. The van der Waals surface area contributed by atoms with E-state index in [0.717, 1.165) is 40.7 Å². The van der Waals surface area contributed by atoms with Crippen molar-refractivity contribution in [1.82, 2.24) is 42.9 Å². The van der Waals surface area contributed by atoms with Crippen LogP contribution in [-0.4, -0.2) is 183 Å². The number of carbonyl (C=O) groups excluding carboxylic acids is 3. The molecule has 600 valence electrons. The molecule has 32 heteroatoms. The first-order valence-electron chi connectivity index (χ1n) is 37.7. The number of nitrogens with zero attached hydrogens (tertiary/aromatic N) is 15. The Balaban J connectivity index is 0.000000155. The number of hydrogen-bond acceptors (Lipinski definition) is 22. The number of rotatable bonds is 15. The van der Waals surface area contributed by atoms with E-state index in [1.165, 1.54) is 84.9 Å². The fraction of sp³-hybridized carbons (Fsp3) is 0.337. The van der Waals surface area contributed by atoms with Crippen LogP contribution in [0.2, 0.25) is 0 Å². The minimum absolute atomic E-state index is 0.176. The lowest BCUT2D eigenvalue weighted by molar-refractivity contribution is -0.134. The number of halogens is 3. The van der Waals surface area contributed by atoms with Gasteiger partial charge in [-0.15, -0.1) is 0 Å². The molecular weight excluding hydrogens is 1580 g/mol. The Bertz CT molecular complexity index is 5030. The summed E-state index contributed by atoms with van der Waals surface area (Å²) in [5, 5.41) is 7.42. The normalized spacial score (nSPS) is 17.3. The van der Waals surface area contributed by atoms with Gasteiger partial charge in [0.05, 0.1) is 31.4 Å². The van der Waals surface area contributed by atoms with Crippen molar-refractivity contribution < 1.29 is 37.5 Å². The summed E-state index contributed by atoms with van der Waals surface area (Å²) < 4.78 is 46.2. The van der Waals surface area contributed by atoms with E-state index in [0.29, 0.717) is 177 Å². The molecule has 0 bridgehead atoms. The smallest absolute Gasteiger partial charge is 0.300 e. The van der Waals surface area contributed by atoms with Crippen molar-refractivity contribution >= 4 is 178 Å². The van der Waals surface area contributed by atoms with Crippen LogP contribution in [0.4, 0.5) is 47.7 Å². The average molecular weight is 1670 g/mol. The number of thiocarbonyl (C=S) groups is 3. The Kier molecular flexibility index (Phi) is 26.9. The van der Waals surface area contributed by atoms with Crippen LogP contribution in [0.15, 0.2) is 157 Å². The Morgan fingerprint density at radius 1 is 0.391 bits per heavy atom. The van der Waals surface area contributed by atoms with Crippen LogP contribution in [0.1, 0.15) is 81.8 Å². The highest BCUT2D eigenvalue weighted by atomic mass is 32.2. The molecule has 1 N–H and O–H groups in total. The number of benzene rings is 3. The van der Waals surface area contributed by atoms with Gasteiger partial charge in [0.15, 0.2) is 0 Å². The topological polar surface area (TPSA) is 221 Å². The van der Waals surface area contributed by atoms with Crippen LogP contribution >= 0.6 is 71.9 Å². The predicted octanol–water partition coefficient (Wildman–Crippen LogP) is 13.1. The molecule has 0 spiro atoms. The maximum absolute atomic E-state index is 13.7. The van der Waals surface area contributed by atoms with Gasteiger partial charge in [0.25, 0.3) is 40.4 Å². The first-order valence-corrected chi connectivity index (χ1v) is 41.3. The van der Waals surface area contributed by atoms with E-state index in [1.807, 2.05) is 98.7 Å². The molecule has 0 radical (unpaired) electrons. The van der Waals surface area contributed by atoms with Crippen LogP contribution in [0, 0.1) is 56.0 Å². The van der Waals surface area contributed by atoms with Gasteiger partial charge in [-0.25, -0.2) is 28.1 Å². The molecule has 15 rings (SSSR count). The number of aryl methyl sites for hydroxylation is 3. The van der Waals surface area contributed by atoms with Gasteiger partial charge in [0, 0.05) is 141 Å². The van der Waals surface area contributed by atoms with E-state index in [-0.39, 0.29) is 69.6 Å². The quantitative estimate of drug-likeness (QED) is 0.0744. The molecule has 6 fully saturated rings. The first kappa shape index (κ1) is 84.2. The number of carboxylic acid groups (broad SMARTS) is 1. The second kappa shape index (κ2) is 36.7. The summed E-state index contributed by atoms with van der Waals surface area (Å²) in [5.41, 5.74) is 7.80. The third kappa shape index (κ3) is 19.8. The molecule has 115 heavy (non-hydrogen) atoms. The van der Waals surface area contributed by atoms with Gasteiger partial charge in [-0.05, 0) is 164 Å². The third-order valence-electron chi connectivity index (χ3n) is 19.4. The van der Waals surface area contributed by atoms with Crippen molar-refractivity contribution in [2.24, 2.45) is 17.8 Å². The number of carbonyl (C=O) groups is 4. The molecule has 0 aliphatic carbocycles. The summed E-state index contributed by atoms with van der Waals surface area (Å²) in [5.74, 6) is 0.330. The summed E-state index contributed by atoms with van der Waals surface area (Å²) in [4.78, 5) is 123. The first-order chi connectivity index (χ1) is 54.9. The number of anilines is 6. The van der Waals surface area contributed by atoms with Crippen molar-refractivity contribution in [2.45, 2.75) is 69.2 Å². The van der Waals surface area contributed by atoms with Crippen LogP contribution in [0.5, 0.6) is 0 Å². The van der Waals surface area contributed by atoms with Gasteiger partial charge in [-0.2, -0.15) is 0 Å². The summed E-state index contributed by atoms with van der Waals surface area (Å²) >= 11 is 20.1. The van der Waals surface area contributed by atoms with Gasteiger partial charge < -0.3 is 34.5 Å². The molecule has 6 aliphatic heterocycles. The lowest BCUT2D eigenvalue weighted by Gasteiger charge is -2.37. The summed E-state index contributed by atoms with van der Waals surface area (Å²) in [6.07, 6.45) is 10.3. The molecule has 0 atom stereocenters. The fourth-order valence-electron chi connectivity index (χ4n) is 13.8. The van der Waals surface area contributed by atoms with Gasteiger partial charge in [0.2, 0.25) is 0 Å². The van der Waals surface area contributed by atoms with Crippen molar-refractivity contribution in [3.05, 3.63) is 224 Å². The van der Waals surface area contributed by atoms with E-state index in [9.17, 15) is 41.9 Å². The van der Waals surface area contributed by atoms with Crippen LogP contribution in [-0.2, 0) is 19.2 Å². The second-order valence-electron chi connectivity index (χ2n) is 29.7. The Hall–Kier alpha value is -10.3. The van der Waals surface area contributed by atoms with Crippen molar-refractivity contribution in [3.8, 4) is 0 Å². The number of aliphatic carboxylic acids is 1. The van der Waals surface area contributed by atoms with Gasteiger partial charge >= 0.3 is 0 Å².